The summed E-state index contributed by atoms with van der Waals surface area (Å²) in [5.41, 5.74) is 4.38. The minimum atomic E-state index is -3.61. The van der Waals surface area contributed by atoms with E-state index >= 15 is 0 Å². The Labute approximate surface area is 230 Å². The van der Waals surface area contributed by atoms with Crippen molar-refractivity contribution in [3.05, 3.63) is 53.1 Å². The van der Waals surface area contributed by atoms with E-state index in [2.05, 4.69) is 31.6 Å². The first-order valence-electron chi connectivity index (χ1n) is 14.9. The van der Waals surface area contributed by atoms with Crippen LogP contribution in [0.3, 0.4) is 0 Å². The van der Waals surface area contributed by atoms with Crippen molar-refractivity contribution in [2.45, 2.75) is 109 Å². The number of Topliss-reactive ketones (excluding diaryl/α,β-unsaturated/α-hetero) is 1. The lowest BCUT2D eigenvalue weighted by atomic mass is 9.81. The third-order valence-electron chi connectivity index (χ3n) is 8.53. The van der Waals surface area contributed by atoms with E-state index in [-0.39, 0.29) is 17.3 Å². The van der Waals surface area contributed by atoms with E-state index in [1.165, 1.54) is 68.0 Å². The molecule has 0 atom stereocenters. The first-order chi connectivity index (χ1) is 19.0. The maximum absolute atomic E-state index is 13.4. The van der Waals surface area contributed by atoms with Gasteiger partial charge in [-0.25, -0.2) is 9.97 Å². The molecular weight excluding hydrogens is 498 g/mol. The van der Waals surface area contributed by atoms with Crippen molar-refractivity contribution >= 4 is 11.9 Å². The molecule has 0 N–H and O–H groups in total. The molecule has 0 radical (unpaired) electrons. The molecule has 1 saturated carbocycles. The molecule has 0 unspecified atom stereocenters. The highest BCUT2D eigenvalue weighted by atomic mass is 19.3. The van der Waals surface area contributed by atoms with Gasteiger partial charge >= 0.3 is 6.29 Å². The number of aromatic nitrogens is 2. The van der Waals surface area contributed by atoms with Gasteiger partial charge < -0.3 is 9.47 Å². The van der Waals surface area contributed by atoms with Crippen molar-refractivity contribution in [3.8, 4) is 11.5 Å². The minimum Gasteiger partial charge on any atom is -0.395 e. The van der Waals surface area contributed by atoms with Crippen LogP contribution in [0.15, 0.2) is 30.6 Å². The highest BCUT2D eigenvalue weighted by Gasteiger charge is 2.44. The highest BCUT2D eigenvalue weighted by Crippen LogP contribution is 2.43. The molecule has 2 aromatic rings. The Morgan fingerprint density at radius 3 is 2.62 bits per heavy atom. The molecule has 7 heteroatoms. The number of rotatable bonds is 10. The van der Waals surface area contributed by atoms with E-state index in [0.29, 0.717) is 43.1 Å². The summed E-state index contributed by atoms with van der Waals surface area (Å²) < 4.78 is 35.9. The van der Waals surface area contributed by atoms with Gasteiger partial charge in [0.05, 0.1) is 11.4 Å². The van der Waals surface area contributed by atoms with Crippen LogP contribution >= 0.6 is 0 Å². The minimum absolute atomic E-state index is 0.0647. The Morgan fingerprint density at radius 2 is 1.77 bits per heavy atom. The molecule has 0 spiro atoms. The molecule has 0 amide bonds. The van der Waals surface area contributed by atoms with E-state index < -0.39 is 6.29 Å². The van der Waals surface area contributed by atoms with E-state index in [4.69, 9.17) is 0 Å². The fourth-order valence-corrected chi connectivity index (χ4v) is 6.47. The molecule has 2 heterocycles. The largest absolute Gasteiger partial charge is 0.586 e. The average molecular weight is 539 g/mol. The fourth-order valence-electron chi connectivity index (χ4n) is 6.47. The zero-order valence-electron chi connectivity index (χ0n) is 22.8. The molecule has 5 rings (SSSR count). The average Bonchev–Trinajstić information content (AvgIpc) is 3.05. The number of aryl methyl sites for hydroxylation is 2. The summed E-state index contributed by atoms with van der Waals surface area (Å²) in [6.07, 6.45) is 18.8. The van der Waals surface area contributed by atoms with Crippen molar-refractivity contribution < 1.29 is 23.0 Å². The monoisotopic (exact) mass is 538 g/mol. The number of ketones is 1. The third kappa shape index (κ3) is 7.64. The van der Waals surface area contributed by atoms with Gasteiger partial charge in [0.2, 0.25) is 0 Å². The summed E-state index contributed by atoms with van der Waals surface area (Å²) in [5.74, 6) is 1.83. The van der Waals surface area contributed by atoms with Crippen LogP contribution in [0.2, 0.25) is 0 Å². The standard InChI is InChI=1S/C32H40F2N2O3/c33-32(34)38-30-20-8-15-25(31(30)39-32)14-7-17-26(37)16-6-11-23-9-4-12-24(13-5-10-23)21-29-27-18-2-1-3-19-28(27)35-22-36-29/h2,8,15,18,20,22-24H,1,3-7,9-14,16-17,19,21H2. The van der Waals surface area contributed by atoms with E-state index in [0.717, 1.165) is 32.1 Å². The third-order valence-corrected chi connectivity index (χ3v) is 8.53. The van der Waals surface area contributed by atoms with E-state index in [1.807, 2.05) is 0 Å². The van der Waals surface area contributed by atoms with Crippen molar-refractivity contribution in [1.82, 2.24) is 9.97 Å². The Balaban J connectivity index is 0.992. The normalized spacial score (nSPS) is 22.0. The van der Waals surface area contributed by atoms with Crippen LogP contribution in [-0.2, 0) is 24.1 Å². The van der Waals surface area contributed by atoms with Crippen LogP contribution in [0, 0.1) is 11.8 Å². The number of hydrogen-bond acceptors (Lipinski definition) is 5. The first kappa shape index (κ1) is 27.7. The molecule has 0 saturated heterocycles. The summed E-state index contributed by atoms with van der Waals surface area (Å²) in [7, 11) is 0. The summed E-state index contributed by atoms with van der Waals surface area (Å²) in [6.45, 7) is 0. The lowest BCUT2D eigenvalue weighted by Crippen LogP contribution is -2.26. The van der Waals surface area contributed by atoms with Gasteiger partial charge in [-0.15, -0.1) is 8.78 Å². The Bertz CT molecular complexity index is 1160. The maximum Gasteiger partial charge on any atom is 0.586 e. The Kier molecular flexibility index (Phi) is 9.25. The molecular formula is C32H40F2N2O3. The lowest BCUT2D eigenvalue weighted by Gasteiger charge is -2.25. The van der Waals surface area contributed by atoms with Gasteiger partial charge in [-0.3, -0.25) is 4.79 Å². The summed E-state index contributed by atoms with van der Waals surface area (Å²) in [6, 6.07) is 4.91. The first-order valence-corrected chi connectivity index (χ1v) is 14.9. The predicted molar refractivity (Wildman–Crippen MR) is 147 cm³/mol. The number of benzene rings is 1. The van der Waals surface area contributed by atoms with Gasteiger partial charge in [0, 0.05) is 18.4 Å². The van der Waals surface area contributed by atoms with Crippen LogP contribution in [0.5, 0.6) is 11.5 Å². The van der Waals surface area contributed by atoms with Crippen LogP contribution in [-0.4, -0.2) is 22.0 Å². The molecule has 1 aliphatic heterocycles. The van der Waals surface area contributed by atoms with Gasteiger partial charge in [0.25, 0.3) is 0 Å². The van der Waals surface area contributed by atoms with Crippen molar-refractivity contribution in [3.63, 3.8) is 0 Å². The Hall–Kier alpha value is -2.83. The van der Waals surface area contributed by atoms with Crippen LogP contribution in [0.25, 0.3) is 6.08 Å². The zero-order chi connectivity index (χ0) is 27.1. The number of nitrogens with zero attached hydrogens (tertiary/aromatic N) is 2. The fraction of sp³-hybridized carbons (Fsp3) is 0.594. The number of fused-ring (bicyclic) bond motifs is 2. The topological polar surface area (TPSA) is 61.3 Å². The molecule has 210 valence electrons. The van der Waals surface area contributed by atoms with Gasteiger partial charge in [0.15, 0.2) is 11.5 Å². The number of carbonyl (C=O) groups is 1. The van der Waals surface area contributed by atoms with Gasteiger partial charge in [-0.05, 0) is 68.4 Å². The molecule has 3 aliphatic rings. The van der Waals surface area contributed by atoms with Gasteiger partial charge in [-0.2, -0.15) is 0 Å². The molecule has 39 heavy (non-hydrogen) atoms. The number of para-hydroxylation sites is 1. The summed E-state index contributed by atoms with van der Waals surface area (Å²) in [4.78, 5) is 21.7. The van der Waals surface area contributed by atoms with Crippen molar-refractivity contribution in [2.24, 2.45) is 11.8 Å². The van der Waals surface area contributed by atoms with E-state index in [9.17, 15) is 13.6 Å². The molecule has 2 aliphatic carbocycles. The Morgan fingerprint density at radius 1 is 0.974 bits per heavy atom. The second-order valence-corrected chi connectivity index (χ2v) is 11.5. The summed E-state index contributed by atoms with van der Waals surface area (Å²) in [5, 5.41) is 0. The number of hydrogen-bond donors (Lipinski definition) is 0. The number of alkyl halides is 2. The SMILES string of the molecule is O=C(CCCc1cccc2c1OC(F)(F)O2)CCCC1CCCC(Cc2ncnc3c2C=CCCC3)CCC1. The lowest BCUT2D eigenvalue weighted by molar-refractivity contribution is -0.286. The zero-order valence-corrected chi connectivity index (χ0v) is 22.8. The molecule has 5 nitrogen and oxygen atoms in total. The molecule has 1 aromatic heterocycles. The highest BCUT2D eigenvalue weighted by molar-refractivity contribution is 5.78. The molecule has 0 bridgehead atoms. The molecule has 1 fully saturated rings. The number of allylic oxidation sites excluding steroid dienone is 1. The second-order valence-electron chi connectivity index (χ2n) is 11.5. The predicted octanol–water partition coefficient (Wildman–Crippen LogP) is 8.04. The van der Waals surface area contributed by atoms with E-state index in [1.54, 1.807) is 18.5 Å². The summed E-state index contributed by atoms with van der Waals surface area (Å²) >= 11 is 0. The molecule has 1 aromatic carbocycles. The maximum atomic E-state index is 13.4. The second kappa shape index (κ2) is 13.0. The van der Waals surface area contributed by atoms with Crippen LogP contribution in [0.1, 0.15) is 106 Å². The number of ether oxygens (including phenoxy) is 2. The van der Waals surface area contributed by atoms with Crippen LogP contribution in [0.4, 0.5) is 8.78 Å². The van der Waals surface area contributed by atoms with Gasteiger partial charge in [-0.1, -0.05) is 69.2 Å². The number of halogens is 2. The number of carbonyl (C=O) groups excluding carboxylic acids is 1. The smallest absolute Gasteiger partial charge is 0.395 e. The quantitative estimate of drug-likeness (QED) is 0.306. The van der Waals surface area contributed by atoms with Crippen molar-refractivity contribution in [2.75, 3.05) is 0 Å². The van der Waals surface area contributed by atoms with Crippen molar-refractivity contribution in [1.29, 1.82) is 0 Å². The van der Waals surface area contributed by atoms with Crippen LogP contribution < -0.4 is 9.47 Å². The van der Waals surface area contributed by atoms with Gasteiger partial charge in [0.1, 0.15) is 12.1 Å².